The van der Waals surface area contributed by atoms with E-state index in [2.05, 4.69) is 13.8 Å². The Morgan fingerprint density at radius 3 is 2.29 bits per heavy atom. The lowest BCUT2D eigenvalue weighted by molar-refractivity contribution is -0.140. The Kier molecular flexibility index (Phi) is 8.64. The number of methoxy groups -OCH3 is 1. The first-order valence-corrected chi connectivity index (χ1v) is 13.0. The number of aryl methyl sites for hydroxylation is 1. The minimum Gasteiger partial charge on any atom is -0.507 e. The Labute approximate surface area is 224 Å². The monoisotopic (exact) mass is 513 g/mol. The van der Waals surface area contributed by atoms with Crippen molar-refractivity contribution in [2.45, 2.75) is 45.8 Å². The SMILES string of the molecule is COCCCN1C(=O)C(=O)/C(=C(/O)c2ccc(OCc3ccccc3C)cc2)C1c1ccc(C(C)C)cc1. The molecule has 0 radical (unpaired) electrons. The van der Waals surface area contributed by atoms with Crippen molar-refractivity contribution >= 4 is 17.4 Å². The molecule has 1 N–H and O–H groups in total. The second-order valence-electron chi connectivity index (χ2n) is 9.90. The fourth-order valence-corrected chi connectivity index (χ4v) is 4.70. The first kappa shape index (κ1) is 27.1. The Balaban J connectivity index is 1.65. The maximum Gasteiger partial charge on any atom is 0.295 e. The lowest BCUT2D eigenvalue weighted by Crippen LogP contribution is -2.31. The van der Waals surface area contributed by atoms with E-state index in [0.717, 1.165) is 22.3 Å². The van der Waals surface area contributed by atoms with Gasteiger partial charge >= 0.3 is 0 Å². The minimum atomic E-state index is -0.683. The number of aliphatic hydroxyl groups excluding tert-OH is 1. The van der Waals surface area contributed by atoms with Crippen LogP contribution in [0, 0.1) is 6.92 Å². The van der Waals surface area contributed by atoms with Crippen molar-refractivity contribution in [2.75, 3.05) is 20.3 Å². The fraction of sp³-hybridized carbons (Fsp3) is 0.312. The summed E-state index contributed by atoms with van der Waals surface area (Å²) < 4.78 is 11.1. The third-order valence-electron chi connectivity index (χ3n) is 6.99. The van der Waals surface area contributed by atoms with E-state index in [1.807, 2.05) is 55.5 Å². The van der Waals surface area contributed by atoms with E-state index < -0.39 is 17.7 Å². The van der Waals surface area contributed by atoms with E-state index in [1.165, 1.54) is 4.90 Å². The van der Waals surface area contributed by atoms with Gasteiger partial charge in [0, 0.05) is 25.8 Å². The van der Waals surface area contributed by atoms with Gasteiger partial charge in [0.15, 0.2) is 0 Å². The van der Waals surface area contributed by atoms with Gasteiger partial charge in [-0.25, -0.2) is 0 Å². The highest BCUT2D eigenvalue weighted by Gasteiger charge is 2.45. The molecule has 0 aliphatic carbocycles. The summed E-state index contributed by atoms with van der Waals surface area (Å²) in [5, 5.41) is 11.3. The van der Waals surface area contributed by atoms with Crippen LogP contribution in [0.1, 0.15) is 60.0 Å². The van der Waals surface area contributed by atoms with Gasteiger partial charge in [-0.2, -0.15) is 0 Å². The summed E-state index contributed by atoms with van der Waals surface area (Å²) in [5.41, 5.74) is 4.73. The van der Waals surface area contributed by atoms with Crippen LogP contribution in [-0.2, 0) is 20.9 Å². The van der Waals surface area contributed by atoms with Gasteiger partial charge in [-0.3, -0.25) is 9.59 Å². The van der Waals surface area contributed by atoms with Crippen LogP contribution < -0.4 is 4.74 Å². The lowest BCUT2D eigenvalue weighted by Gasteiger charge is -2.25. The van der Waals surface area contributed by atoms with Crippen molar-refractivity contribution in [3.8, 4) is 5.75 Å². The van der Waals surface area contributed by atoms with Gasteiger partial charge in [-0.1, -0.05) is 62.4 Å². The number of likely N-dealkylation sites (tertiary alicyclic amines) is 1. The Bertz CT molecular complexity index is 1310. The number of hydrogen-bond donors (Lipinski definition) is 1. The zero-order chi connectivity index (χ0) is 27.2. The summed E-state index contributed by atoms with van der Waals surface area (Å²) >= 11 is 0. The van der Waals surface area contributed by atoms with Crippen LogP contribution in [0.5, 0.6) is 5.75 Å². The molecule has 0 aromatic heterocycles. The number of ether oxygens (including phenoxy) is 2. The number of benzene rings is 3. The van der Waals surface area contributed by atoms with Crippen molar-refractivity contribution in [3.63, 3.8) is 0 Å². The number of rotatable bonds is 10. The molecular formula is C32H35NO5. The van der Waals surface area contributed by atoms with E-state index in [9.17, 15) is 14.7 Å². The highest BCUT2D eigenvalue weighted by Crippen LogP contribution is 2.40. The van der Waals surface area contributed by atoms with Crippen LogP contribution >= 0.6 is 0 Å². The average molecular weight is 514 g/mol. The number of hydrogen-bond acceptors (Lipinski definition) is 5. The second-order valence-corrected chi connectivity index (χ2v) is 9.90. The predicted octanol–water partition coefficient (Wildman–Crippen LogP) is 6.16. The van der Waals surface area contributed by atoms with Gasteiger partial charge in [0.2, 0.25) is 0 Å². The number of nitrogens with zero attached hydrogens (tertiary/aromatic N) is 1. The van der Waals surface area contributed by atoms with Crippen LogP contribution in [0.3, 0.4) is 0 Å². The molecule has 6 nitrogen and oxygen atoms in total. The number of amides is 1. The molecule has 1 atom stereocenters. The van der Waals surface area contributed by atoms with E-state index in [-0.39, 0.29) is 11.3 Å². The molecule has 6 heteroatoms. The molecule has 1 saturated heterocycles. The van der Waals surface area contributed by atoms with Crippen LogP contribution in [0.15, 0.2) is 78.4 Å². The molecule has 0 spiro atoms. The molecule has 38 heavy (non-hydrogen) atoms. The third kappa shape index (κ3) is 5.81. The molecule has 1 fully saturated rings. The first-order chi connectivity index (χ1) is 18.3. The van der Waals surface area contributed by atoms with Crippen molar-refractivity contribution in [3.05, 3.63) is 106 Å². The quantitative estimate of drug-likeness (QED) is 0.152. The molecule has 1 unspecified atom stereocenters. The summed E-state index contributed by atoms with van der Waals surface area (Å²) in [4.78, 5) is 27.8. The summed E-state index contributed by atoms with van der Waals surface area (Å²) in [6.07, 6.45) is 0.580. The molecule has 1 heterocycles. The molecule has 4 rings (SSSR count). The van der Waals surface area contributed by atoms with Crippen molar-refractivity contribution < 1.29 is 24.2 Å². The van der Waals surface area contributed by atoms with E-state index in [1.54, 1.807) is 31.4 Å². The van der Waals surface area contributed by atoms with Crippen molar-refractivity contribution in [1.29, 1.82) is 0 Å². The summed E-state index contributed by atoms with van der Waals surface area (Å²) in [6, 6.07) is 22.2. The largest absolute Gasteiger partial charge is 0.507 e. The zero-order valence-electron chi connectivity index (χ0n) is 22.4. The molecule has 1 aliphatic rings. The van der Waals surface area contributed by atoms with Gasteiger partial charge < -0.3 is 19.5 Å². The molecule has 1 amide bonds. The number of Topliss-reactive ketones (excluding diaryl/α,β-unsaturated/α-hetero) is 1. The molecule has 3 aromatic carbocycles. The molecular weight excluding hydrogens is 478 g/mol. The number of aliphatic hydroxyl groups is 1. The second kappa shape index (κ2) is 12.1. The normalized spacial score (nSPS) is 16.9. The van der Waals surface area contributed by atoms with Crippen LogP contribution in [0.4, 0.5) is 0 Å². The molecule has 0 bridgehead atoms. The standard InChI is InChI=1S/C32H35NO5/c1-21(2)23-10-12-24(13-11-23)29-28(31(35)32(36)33(29)18-7-19-37-4)30(34)25-14-16-27(17-15-25)38-20-26-9-6-5-8-22(26)3/h5-6,8-17,21,29,34H,7,18-20H2,1-4H3/b30-28+. The zero-order valence-corrected chi connectivity index (χ0v) is 22.4. The van der Waals surface area contributed by atoms with E-state index >= 15 is 0 Å². The van der Waals surface area contributed by atoms with E-state index in [0.29, 0.717) is 43.4 Å². The lowest BCUT2D eigenvalue weighted by atomic mass is 9.93. The maximum atomic E-state index is 13.2. The molecule has 198 valence electrons. The van der Waals surface area contributed by atoms with Gasteiger partial charge in [-0.15, -0.1) is 0 Å². The number of carbonyl (C=O) groups excluding carboxylic acids is 2. The predicted molar refractivity (Wildman–Crippen MR) is 148 cm³/mol. The molecule has 3 aromatic rings. The van der Waals surface area contributed by atoms with Gasteiger partial charge in [0.1, 0.15) is 18.1 Å². The Morgan fingerprint density at radius 1 is 0.974 bits per heavy atom. The average Bonchev–Trinajstić information content (AvgIpc) is 3.18. The number of ketones is 1. The van der Waals surface area contributed by atoms with Gasteiger partial charge in [0.05, 0.1) is 11.6 Å². The van der Waals surface area contributed by atoms with Crippen molar-refractivity contribution in [2.24, 2.45) is 0 Å². The minimum absolute atomic E-state index is 0.0956. The van der Waals surface area contributed by atoms with E-state index in [4.69, 9.17) is 9.47 Å². The van der Waals surface area contributed by atoms with Crippen LogP contribution in [0.25, 0.3) is 5.76 Å². The Hall–Kier alpha value is -3.90. The summed E-state index contributed by atoms with van der Waals surface area (Å²) in [5.74, 6) is -0.494. The summed E-state index contributed by atoms with van der Waals surface area (Å²) in [6.45, 7) is 7.50. The van der Waals surface area contributed by atoms with Gasteiger partial charge in [-0.05, 0) is 65.8 Å². The highest BCUT2D eigenvalue weighted by molar-refractivity contribution is 6.46. The maximum absolute atomic E-state index is 13.2. The van der Waals surface area contributed by atoms with Crippen LogP contribution in [-0.4, -0.2) is 42.0 Å². The number of carbonyl (C=O) groups is 2. The molecule has 0 saturated carbocycles. The van der Waals surface area contributed by atoms with Crippen LogP contribution in [0.2, 0.25) is 0 Å². The highest BCUT2D eigenvalue weighted by atomic mass is 16.5. The first-order valence-electron chi connectivity index (χ1n) is 13.0. The van der Waals surface area contributed by atoms with Gasteiger partial charge in [0.25, 0.3) is 11.7 Å². The molecule has 1 aliphatic heterocycles. The smallest absolute Gasteiger partial charge is 0.295 e. The third-order valence-corrected chi connectivity index (χ3v) is 6.99. The topological polar surface area (TPSA) is 76.1 Å². The Morgan fingerprint density at radius 2 is 1.66 bits per heavy atom. The summed E-state index contributed by atoms with van der Waals surface area (Å²) in [7, 11) is 1.60. The fourth-order valence-electron chi connectivity index (χ4n) is 4.70. The van der Waals surface area contributed by atoms with Crippen molar-refractivity contribution in [1.82, 2.24) is 4.90 Å².